The van der Waals surface area contributed by atoms with Gasteiger partial charge in [0.05, 0.1) is 0 Å². The highest BCUT2D eigenvalue weighted by Crippen LogP contribution is 2.25. The first-order valence-electron chi connectivity index (χ1n) is 6.15. The van der Waals surface area contributed by atoms with Crippen molar-refractivity contribution < 1.29 is 0 Å². The van der Waals surface area contributed by atoms with Gasteiger partial charge in [-0.2, -0.15) is 5.10 Å². The van der Waals surface area contributed by atoms with Gasteiger partial charge in [-0.1, -0.05) is 32.0 Å². The molecule has 4 nitrogen and oxygen atoms in total. The number of benzene rings is 1. The molecule has 0 saturated heterocycles. The highest BCUT2D eigenvalue weighted by atomic mass is 32.2. The van der Waals surface area contributed by atoms with E-state index < -0.39 is 0 Å². The van der Waals surface area contributed by atoms with Crippen molar-refractivity contribution in [2.75, 3.05) is 11.9 Å². The molecule has 0 radical (unpaired) electrons. The van der Waals surface area contributed by atoms with Crippen LogP contribution in [0.1, 0.15) is 20.3 Å². The van der Waals surface area contributed by atoms with Crippen LogP contribution in [0.25, 0.3) is 0 Å². The molecule has 0 fully saturated rings. The van der Waals surface area contributed by atoms with Crippen molar-refractivity contribution in [2.45, 2.75) is 30.3 Å². The number of nitrogens with one attached hydrogen (secondary N) is 2. The molecular weight excluding hydrogens is 244 g/mol. The van der Waals surface area contributed by atoms with Crippen molar-refractivity contribution >= 4 is 17.4 Å². The molecule has 1 heterocycles. The Balaban J connectivity index is 1.89. The number of rotatable bonds is 6. The SMILES string of the molecule is CCC(C)CNc1ccc(Sc2ncn[nH]2)cc1. The molecule has 0 aliphatic rings. The summed E-state index contributed by atoms with van der Waals surface area (Å²) in [5.74, 6) is 0.702. The van der Waals surface area contributed by atoms with Crippen molar-refractivity contribution in [1.29, 1.82) is 0 Å². The van der Waals surface area contributed by atoms with Crippen LogP contribution in [0.2, 0.25) is 0 Å². The van der Waals surface area contributed by atoms with E-state index in [0.29, 0.717) is 5.92 Å². The molecule has 0 bridgehead atoms. The number of nitrogens with zero attached hydrogens (tertiary/aromatic N) is 2. The molecule has 2 aromatic rings. The van der Waals surface area contributed by atoms with Crippen LogP contribution in [-0.4, -0.2) is 21.7 Å². The fraction of sp³-hybridized carbons (Fsp3) is 0.385. The van der Waals surface area contributed by atoms with Gasteiger partial charge in [-0.25, -0.2) is 4.98 Å². The van der Waals surface area contributed by atoms with Gasteiger partial charge >= 0.3 is 0 Å². The molecule has 0 amide bonds. The van der Waals surface area contributed by atoms with Crippen LogP contribution in [-0.2, 0) is 0 Å². The number of hydrogen-bond donors (Lipinski definition) is 2. The highest BCUT2D eigenvalue weighted by Gasteiger charge is 2.01. The van der Waals surface area contributed by atoms with Crippen LogP contribution in [0.15, 0.2) is 40.6 Å². The van der Waals surface area contributed by atoms with E-state index in [0.717, 1.165) is 22.3 Å². The molecular formula is C13H18N4S. The zero-order valence-corrected chi connectivity index (χ0v) is 11.5. The minimum atomic E-state index is 0.702. The first-order valence-corrected chi connectivity index (χ1v) is 6.96. The van der Waals surface area contributed by atoms with E-state index in [1.165, 1.54) is 12.7 Å². The second-order valence-corrected chi connectivity index (χ2v) is 5.37. The molecule has 2 N–H and O–H groups in total. The van der Waals surface area contributed by atoms with Crippen LogP contribution >= 0.6 is 11.8 Å². The number of aromatic nitrogens is 3. The maximum atomic E-state index is 4.09. The van der Waals surface area contributed by atoms with E-state index in [-0.39, 0.29) is 0 Å². The topological polar surface area (TPSA) is 53.6 Å². The Morgan fingerprint density at radius 3 is 2.72 bits per heavy atom. The predicted molar refractivity (Wildman–Crippen MR) is 74.9 cm³/mol. The molecule has 0 aliphatic heterocycles. The molecule has 2 rings (SSSR count). The summed E-state index contributed by atoms with van der Waals surface area (Å²) in [5, 5.41) is 10.9. The zero-order chi connectivity index (χ0) is 12.8. The van der Waals surface area contributed by atoms with E-state index in [2.05, 4.69) is 58.6 Å². The third kappa shape index (κ3) is 3.77. The third-order valence-electron chi connectivity index (χ3n) is 2.81. The average molecular weight is 262 g/mol. The Labute approximate surface area is 112 Å². The van der Waals surface area contributed by atoms with Crippen molar-refractivity contribution in [3.8, 4) is 0 Å². The predicted octanol–water partition coefficient (Wildman–Crippen LogP) is 3.41. The lowest BCUT2D eigenvalue weighted by Gasteiger charge is -2.11. The van der Waals surface area contributed by atoms with E-state index in [1.807, 2.05) is 0 Å². The van der Waals surface area contributed by atoms with Crippen molar-refractivity contribution in [3.63, 3.8) is 0 Å². The average Bonchev–Trinajstić information content (AvgIpc) is 2.90. The maximum Gasteiger partial charge on any atom is 0.188 e. The highest BCUT2D eigenvalue weighted by molar-refractivity contribution is 7.99. The quantitative estimate of drug-likeness (QED) is 0.837. The van der Waals surface area contributed by atoms with Crippen molar-refractivity contribution in [1.82, 2.24) is 15.2 Å². The Morgan fingerprint density at radius 1 is 1.33 bits per heavy atom. The van der Waals surface area contributed by atoms with Crippen LogP contribution in [0.3, 0.4) is 0 Å². The minimum Gasteiger partial charge on any atom is -0.385 e. The molecule has 1 aromatic heterocycles. The summed E-state index contributed by atoms with van der Waals surface area (Å²) in [6.45, 7) is 5.48. The largest absolute Gasteiger partial charge is 0.385 e. The van der Waals surface area contributed by atoms with Gasteiger partial charge in [-0.05, 0) is 30.2 Å². The van der Waals surface area contributed by atoms with Gasteiger partial charge in [0.2, 0.25) is 0 Å². The summed E-state index contributed by atoms with van der Waals surface area (Å²) in [4.78, 5) is 5.24. The number of anilines is 1. The van der Waals surface area contributed by atoms with Crippen LogP contribution in [0, 0.1) is 5.92 Å². The molecule has 1 atom stereocenters. The van der Waals surface area contributed by atoms with E-state index in [4.69, 9.17) is 0 Å². The Bertz CT molecular complexity index is 452. The van der Waals surface area contributed by atoms with E-state index >= 15 is 0 Å². The fourth-order valence-electron chi connectivity index (χ4n) is 1.43. The summed E-state index contributed by atoms with van der Waals surface area (Å²) in [7, 11) is 0. The minimum absolute atomic E-state index is 0.702. The van der Waals surface area contributed by atoms with Crippen LogP contribution < -0.4 is 5.32 Å². The normalized spacial score (nSPS) is 12.3. The number of H-pyrrole nitrogens is 1. The zero-order valence-electron chi connectivity index (χ0n) is 10.7. The summed E-state index contributed by atoms with van der Waals surface area (Å²) in [5.41, 5.74) is 1.16. The lowest BCUT2D eigenvalue weighted by atomic mass is 10.1. The smallest absolute Gasteiger partial charge is 0.188 e. The molecule has 1 unspecified atom stereocenters. The lowest BCUT2D eigenvalue weighted by Crippen LogP contribution is -2.09. The van der Waals surface area contributed by atoms with Gasteiger partial charge < -0.3 is 5.32 Å². The summed E-state index contributed by atoms with van der Waals surface area (Å²) in [6, 6.07) is 8.38. The molecule has 5 heteroatoms. The van der Waals surface area contributed by atoms with Gasteiger partial charge in [-0.3, -0.25) is 5.10 Å². The van der Waals surface area contributed by atoms with Gasteiger partial charge in [0, 0.05) is 17.1 Å². The number of hydrogen-bond acceptors (Lipinski definition) is 4. The first-order chi connectivity index (χ1) is 8.78. The molecule has 1 aromatic carbocycles. The first kappa shape index (κ1) is 13.0. The van der Waals surface area contributed by atoms with Crippen molar-refractivity contribution in [2.24, 2.45) is 5.92 Å². The standard InChI is InChI=1S/C13H18N4S/c1-3-10(2)8-14-11-4-6-12(7-5-11)18-13-15-9-16-17-13/h4-7,9-10,14H,3,8H2,1-2H3,(H,15,16,17). The maximum absolute atomic E-state index is 4.09. The Morgan fingerprint density at radius 2 is 2.11 bits per heavy atom. The van der Waals surface area contributed by atoms with Gasteiger partial charge in [0.1, 0.15) is 6.33 Å². The second kappa shape index (κ2) is 6.44. The molecule has 0 saturated carbocycles. The van der Waals surface area contributed by atoms with Gasteiger partial charge in [0.25, 0.3) is 0 Å². The van der Waals surface area contributed by atoms with Crippen LogP contribution in [0.5, 0.6) is 0 Å². The monoisotopic (exact) mass is 262 g/mol. The second-order valence-electron chi connectivity index (χ2n) is 4.31. The molecule has 0 aliphatic carbocycles. The third-order valence-corrected chi connectivity index (χ3v) is 3.71. The van der Waals surface area contributed by atoms with E-state index in [1.54, 1.807) is 11.8 Å². The Hall–Kier alpha value is -1.49. The van der Waals surface area contributed by atoms with Crippen LogP contribution in [0.4, 0.5) is 5.69 Å². The fourth-order valence-corrected chi connectivity index (χ4v) is 2.13. The summed E-state index contributed by atoms with van der Waals surface area (Å²) >= 11 is 1.57. The van der Waals surface area contributed by atoms with Crippen molar-refractivity contribution in [3.05, 3.63) is 30.6 Å². The number of aromatic amines is 1. The summed E-state index contributed by atoms with van der Waals surface area (Å²) in [6.07, 6.45) is 2.72. The lowest BCUT2D eigenvalue weighted by molar-refractivity contribution is 0.593. The van der Waals surface area contributed by atoms with Gasteiger partial charge in [-0.15, -0.1) is 0 Å². The Kier molecular flexibility index (Phi) is 4.64. The molecule has 96 valence electrons. The van der Waals surface area contributed by atoms with E-state index in [9.17, 15) is 0 Å². The van der Waals surface area contributed by atoms with Gasteiger partial charge in [0.15, 0.2) is 5.16 Å². The molecule has 0 spiro atoms. The summed E-state index contributed by atoms with van der Waals surface area (Å²) < 4.78 is 0. The molecule has 18 heavy (non-hydrogen) atoms.